The zero-order chi connectivity index (χ0) is 20.4. The molecule has 2 aromatic rings. The van der Waals surface area contributed by atoms with E-state index in [2.05, 4.69) is 4.72 Å². The van der Waals surface area contributed by atoms with Crippen LogP contribution in [-0.2, 0) is 24.3 Å². The van der Waals surface area contributed by atoms with Gasteiger partial charge in [0.05, 0.1) is 34.1 Å². The number of sulfonamides is 1. The van der Waals surface area contributed by atoms with Crippen LogP contribution in [0.2, 0.25) is 0 Å². The summed E-state index contributed by atoms with van der Waals surface area (Å²) in [5, 5.41) is 0. The summed E-state index contributed by atoms with van der Waals surface area (Å²) in [4.78, 5) is 27.1. The molecule has 2 bridgehead atoms. The maximum Gasteiger partial charge on any atom is 0.261 e. The van der Waals surface area contributed by atoms with Gasteiger partial charge in [-0.1, -0.05) is 30.4 Å². The number of imide groups is 1. The summed E-state index contributed by atoms with van der Waals surface area (Å²) in [5.41, 5.74) is 0.0428. The van der Waals surface area contributed by atoms with E-state index in [0.29, 0.717) is 11.4 Å². The maximum absolute atomic E-state index is 13.0. The van der Waals surface area contributed by atoms with Crippen LogP contribution in [0.4, 0.5) is 11.4 Å². The van der Waals surface area contributed by atoms with Crippen LogP contribution in [0.1, 0.15) is 6.92 Å². The summed E-state index contributed by atoms with van der Waals surface area (Å²) in [6.45, 7) is 1.81. The van der Waals surface area contributed by atoms with Gasteiger partial charge in [-0.25, -0.2) is 13.3 Å². The van der Waals surface area contributed by atoms with Gasteiger partial charge in [0.15, 0.2) is 0 Å². The average Bonchev–Trinajstić information content (AvgIpc) is 3.31. The number of amides is 2. The second-order valence-electron chi connectivity index (χ2n) is 7.61. The lowest BCUT2D eigenvalue weighted by atomic mass is 9.78. The minimum absolute atomic E-state index is 0.0430. The van der Waals surface area contributed by atoms with E-state index in [-0.39, 0.29) is 22.8 Å². The Morgan fingerprint density at radius 3 is 2.34 bits per heavy atom. The van der Waals surface area contributed by atoms with Gasteiger partial charge in [-0.2, -0.15) is 0 Å². The Balaban J connectivity index is 1.41. The number of rotatable bonds is 4. The first-order valence-corrected chi connectivity index (χ1v) is 10.7. The van der Waals surface area contributed by atoms with Crippen molar-refractivity contribution in [1.82, 2.24) is 0 Å². The van der Waals surface area contributed by atoms with Crippen molar-refractivity contribution in [3.05, 3.63) is 66.7 Å². The first-order valence-electron chi connectivity index (χ1n) is 9.23. The van der Waals surface area contributed by atoms with Gasteiger partial charge in [0.25, 0.3) is 10.0 Å². The van der Waals surface area contributed by atoms with Crippen LogP contribution < -0.4 is 9.62 Å². The van der Waals surface area contributed by atoms with E-state index in [1.165, 1.54) is 24.3 Å². The molecule has 5 rings (SSSR count). The Morgan fingerprint density at radius 2 is 1.69 bits per heavy atom. The molecule has 0 radical (unpaired) electrons. The van der Waals surface area contributed by atoms with E-state index >= 15 is 0 Å². The van der Waals surface area contributed by atoms with Gasteiger partial charge in [-0.15, -0.1) is 0 Å². The molecule has 29 heavy (non-hydrogen) atoms. The van der Waals surface area contributed by atoms with E-state index < -0.39 is 27.5 Å². The maximum atomic E-state index is 13.0. The molecule has 0 spiro atoms. The lowest BCUT2D eigenvalue weighted by molar-refractivity contribution is -0.126. The van der Waals surface area contributed by atoms with Crippen LogP contribution in [0.25, 0.3) is 0 Å². The highest BCUT2D eigenvalue weighted by molar-refractivity contribution is 7.92. The van der Waals surface area contributed by atoms with Gasteiger partial charge in [0, 0.05) is 5.69 Å². The number of hydrogen-bond donors (Lipinski definition) is 1. The molecule has 0 saturated carbocycles. The van der Waals surface area contributed by atoms with Crippen LogP contribution in [0.5, 0.6) is 0 Å². The second-order valence-corrected chi connectivity index (χ2v) is 9.29. The summed E-state index contributed by atoms with van der Waals surface area (Å²) in [6, 6.07) is 14.3. The molecule has 8 heteroatoms. The molecule has 7 nitrogen and oxygen atoms in total. The van der Waals surface area contributed by atoms with Gasteiger partial charge < -0.3 is 4.74 Å². The third kappa shape index (κ3) is 2.63. The van der Waals surface area contributed by atoms with Crippen LogP contribution in [0, 0.1) is 11.8 Å². The Labute approximate surface area is 168 Å². The van der Waals surface area contributed by atoms with Crippen LogP contribution in [0.3, 0.4) is 0 Å². The number of anilines is 2. The van der Waals surface area contributed by atoms with Gasteiger partial charge >= 0.3 is 0 Å². The third-order valence-electron chi connectivity index (χ3n) is 5.76. The highest BCUT2D eigenvalue weighted by Gasteiger charge is 2.66. The van der Waals surface area contributed by atoms with Gasteiger partial charge in [0.2, 0.25) is 11.8 Å². The van der Waals surface area contributed by atoms with E-state index in [9.17, 15) is 18.0 Å². The molecule has 2 amide bonds. The summed E-state index contributed by atoms with van der Waals surface area (Å²) in [6.07, 6.45) is 3.29. The van der Waals surface area contributed by atoms with Crippen molar-refractivity contribution in [2.75, 3.05) is 9.62 Å². The zero-order valence-electron chi connectivity index (χ0n) is 15.5. The molecule has 3 aliphatic rings. The molecule has 2 fully saturated rings. The molecule has 3 aliphatic heterocycles. The summed E-state index contributed by atoms with van der Waals surface area (Å²) in [5.74, 6) is -1.70. The van der Waals surface area contributed by atoms with Crippen molar-refractivity contribution < 1.29 is 22.7 Å². The number of nitrogens with one attached hydrogen (secondary N) is 1. The third-order valence-corrected chi connectivity index (χ3v) is 7.16. The van der Waals surface area contributed by atoms with Gasteiger partial charge in [0.1, 0.15) is 0 Å². The molecule has 1 N–H and O–H groups in total. The van der Waals surface area contributed by atoms with Crippen molar-refractivity contribution in [2.24, 2.45) is 11.8 Å². The number of carbonyl (C=O) groups is 2. The van der Waals surface area contributed by atoms with E-state index in [0.717, 1.165) is 4.90 Å². The Bertz CT molecular complexity index is 1140. The quantitative estimate of drug-likeness (QED) is 0.617. The molecule has 2 aromatic carbocycles. The topological polar surface area (TPSA) is 92.8 Å². The number of carbonyl (C=O) groups excluding carboxylic acids is 2. The second kappa shape index (κ2) is 6.01. The average molecular weight is 410 g/mol. The number of nitrogens with zero attached hydrogens (tertiary/aromatic N) is 1. The Morgan fingerprint density at radius 1 is 1.00 bits per heavy atom. The molecule has 0 aliphatic carbocycles. The molecule has 3 heterocycles. The highest BCUT2D eigenvalue weighted by Crippen LogP contribution is 2.52. The summed E-state index contributed by atoms with van der Waals surface area (Å²) >= 11 is 0. The minimum atomic E-state index is -3.78. The van der Waals surface area contributed by atoms with E-state index in [1.807, 2.05) is 19.1 Å². The molecule has 2 unspecified atom stereocenters. The number of benzene rings is 2. The standard InChI is InChI=1S/C21H18N2O5S/c1-21-12-11-16(28-21)17-18(21)20(25)23(19(17)24)14-7-9-15(10-8-14)29(26,27)22-13-5-3-2-4-6-13/h2-12,16-18,22H,1H3/t16-,17?,18?,21+/m1/s1. The van der Waals surface area contributed by atoms with Crippen LogP contribution >= 0.6 is 0 Å². The molecular weight excluding hydrogens is 392 g/mol. The fourth-order valence-electron chi connectivity index (χ4n) is 4.40. The Kier molecular flexibility index (Phi) is 3.75. The van der Waals surface area contributed by atoms with Crippen LogP contribution in [-0.4, -0.2) is 31.9 Å². The Hall–Kier alpha value is -2.97. The molecule has 148 valence electrons. The number of para-hydroxylation sites is 1. The fraction of sp³-hybridized carbons (Fsp3) is 0.238. The molecule has 4 atom stereocenters. The minimum Gasteiger partial charge on any atom is -0.362 e. The van der Waals surface area contributed by atoms with Gasteiger partial charge in [-0.05, 0) is 43.3 Å². The summed E-state index contributed by atoms with van der Waals surface area (Å²) in [7, 11) is -3.78. The van der Waals surface area contributed by atoms with E-state index in [4.69, 9.17) is 4.74 Å². The van der Waals surface area contributed by atoms with Crippen LogP contribution in [0.15, 0.2) is 71.6 Å². The normalized spacial score (nSPS) is 30.1. The first-order chi connectivity index (χ1) is 13.8. The lowest BCUT2D eigenvalue weighted by Crippen LogP contribution is -2.38. The summed E-state index contributed by atoms with van der Waals surface area (Å²) < 4.78 is 33.5. The van der Waals surface area contributed by atoms with Crippen molar-refractivity contribution >= 4 is 33.2 Å². The van der Waals surface area contributed by atoms with Crippen molar-refractivity contribution in [1.29, 1.82) is 0 Å². The lowest BCUT2D eigenvalue weighted by Gasteiger charge is -2.24. The smallest absolute Gasteiger partial charge is 0.261 e. The zero-order valence-corrected chi connectivity index (χ0v) is 16.3. The number of hydrogen-bond acceptors (Lipinski definition) is 5. The van der Waals surface area contributed by atoms with Gasteiger partial charge in [-0.3, -0.25) is 14.3 Å². The van der Waals surface area contributed by atoms with Crippen molar-refractivity contribution in [2.45, 2.75) is 23.5 Å². The first kappa shape index (κ1) is 18.1. The predicted octanol–water partition coefficient (Wildman–Crippen LogP) is 2.32. The SMILES string of the molecule is C[C@@]12C=C[C@@H](O1)C1C(=O)N(c3ccc(S(=O)(=O)Nc4ccccc4)cc3)C(=O)C12. The molecular formula is C21H18N2O5S. The van der Waals surface area contributed by atoms with Crippen molar-refractivity contribution in [3.8, 4) is 0 Å². The van der Waals surface area contributed by atoms with Crippen molar-refractivity contribution in [3.63, 3.8) is 0 Å². The monoisotopic (exact) mass is 410 g/mol. The predicted molar refractivity (Wildman–Crippen MR) is 106 cm³/mol. The number of ether oxygens (including phenoxy) is 1. The highest BCUT2D eigenvalue weighted by atomic mass is 32.2. The van der Waals surface area contributed by atoms with E-state index in [1.54, 1.807) is 30.3 Å². The number of fused-ring (bicyclic) bond motifs is 5. The molecule has 0 aromatic heterocycles. The molecule has 2 saturated heterocycles. The fourth-order valence-corrected chi connectivity index (χ4v) is 5.46. The largest absolute Gasteiger partial charge is 0.362 e.